The van der Waals surface area contributed by atoms with E-state index in [-0.39, 0.29) is 17.1 Å². The molecule has 0 aliphatic carbocycles. The lowest BCUT2D eigenvalue weighted by molar-refractivity contribution is 0.451. The highest BCUT2D eigenvalue weighted by atomic mass is 32.2. The summed E-state index contributed by atoms with van der Waals surface area (Å²) in [6, 6.07) is 3.34. The molecule has 8 heteroatoms. The number of hydrogen-bond donors (Lipinski definition) is 1. The average molecular weight is 298 g/mol. The van der Waals surface area contributed by atoms with Gasteiger partial charge in [-0.3, -0.25) is 0 Å². The maximum atomic E-state index is 13.1. The van der Waals surface area contributed by atoms with E-state index in [1.165, 1.54) is 13.1 Å². The van der Waals surface area contributed by atoms with E-state index < -0.39 is 15.8 Å². The Bertz CT molecular complexity index is 727. The fourth-order valence-corrected chi connectivity index (χ4v) is 2.86. The minimum Gasteiger partial charge on any atom is -0.396 e. The van der Waals surface area contributed by atoms with Crippen LogP contribution in [0.15, 0.2) is 35.5 Å². The Morgan fingerprint density at radius 1 is 1.45 bits per heavy atom. The van der Waals surface area contributed by atoms with E-state index in [1.54, 1.807) is 24.0 Å². The largest absolute Gasteiger partial charge is 0.396 e. The summed E-state index contributed by atoms with van der Waals surface area (Å²) in [4.78, 5) is 4.02. The zero-order valence-corrected chi connectivity index (χ0v) is 11.9. The lowest BCUT2D eigenvalue weighted by atomic mass is 10.3. The first-order chi connectivity index (χ1) is 9.32. The van der Waals surface area contributed by atoms with Gasteiger partial charge in [-0.05, 0) is 18.2 Å². The molecule has 0 amide bonds. The van der Waals surface area contributed by atoms with E-state index in [2.05, 4.69) is 4.98 Å². The van der Waals surface area contributed by atoms with Crippen molar-refractivity contribution >= 4 is 15.7 Å². The number of nitrogen functional groups attached to an aromatic ring is 1. The third-order valence-electron chi connectivity index (χ3n) is 2.96. The second-order valence-corrected chi connectivity index (χ2v) is 6.44. The van der Waals surface area contributed by atoms with Crippen LogP contribution in [0.3, 0.4) is 0 Å². The fraction of sp³-hybridized carbons (Fsp3) is 0.250. The van der Waals surface area contributed by atoms with Crippen LogP contribution >= 0.6 is 0 Å². The molecule has 0 spiro atoms. The topological polar surface area (TPSA) is 81.2 Å². The van der Waals surface area contributed by atoms with Crippen molar-refractivity contribution in [2.45, 2.75) is 11.4 Å². The van der Waals surface area contributed by atoms with Gasteiger partial charge >= 0.3 is 0 Å². The number of nitrogens with zero attached hydrogens (tertiary/aromatic N) is 3. The minimum atomic E-state index is -3.74. The lowest BCUT2D eigenvalue weighted by Crippen LogP contribution is -2.27. The second kappa shape index (κ2) is 5.22. The molecule has 2 rings (SSSR count). The Morgan fingerprint density at radius 3 is 2.70 bits per heavy atom. The molecule has 0 aliphatic rings. The van der Waals surface area contributed by atoms with Crippen molar-refractivity contribution < 1.29 is 12.8 Å². The van der Waals surface area contributed by atoms with Crippen LogP contribution in [0.4, 0.5) is 10.1 Å². The third kappa shape index (κ3) is 2.66. The van der Waals surface area contributed by atoms with Gasteiger partial charge in [-0.15, -0.1) is 0 Å². The summed E-state index contributed by atoms with van der Waals surface area (Å²) >= 11 is 0. The van der Waals surface area contributed by atoms with Gasteiger partial charge in [-0.2, -0.15) is 4.31 Å². The van der Waals surface area contributed by atoms with E-state index >= 15 is 0 Å². The standard InChI is InChI=1S/C12H15FN4O2S/c1-16-6-5-15-12(16)8-17(2)20(18,19)9-3-4-10(13)11(14)7-9/h3-7H,8,14H2,1-2H3. The van der Waals surface area contributed by atoms with Gasteiger partial charge < -0.3 is 10.3 Å². The summed E-state index contributed by atoms with van der Waals surface area (Å²) in [5.41, 5.74) is 5.21. The molecule has 108 valence electrons. The quantitative estimate of drug-likeness (QED) is 0.853. The Labute approximate surface area is 116 Å². The first-order valence-corrected chi connectivity index (χ1v) is 7.24. The summed E-state index contributed by atoms with van der Waals surface area (Å²) in [7, 11) is -0.527. The summed E-state index contributed by atoms with van der Waals surface area (Å²) in [6.07, 6.45) is 3.32. The van der Waals surface area contributed by atoms with Crippen LogP contribution in [0.5, 0.6) is 0 Å². The molecule has 1 aromatic carbocycles. The van der Waals surface area contributed by atoms with Gasteiger partial charge in [0.25, 0.3) is 0 Å². The molecule has 0 fully saturated rings. The van der Waals surface area contributed by atoms with Gasteiger partial charge in [0.2, 0.25) is 10.0 Å². The number of imidazole rings is 1. The fourth-order valence-electron chi connectivity index (χ4n) is 1.70. The molecular formula is C12H15FN4O2S. The predicted molar refractivity (Wildman–Crippen MR) is 72.7 cm³/mol. The minimum absolute atomic E-state index is 0.0480. The maximum Gasteiger partial charge on any atom is 0.243 e. The summed E-state index contributed by atoms with van der Waals surface area (Å²) in [5.74, 6) is -0.0399. The van der Waals surface area contributed by atoms with Crippen molar-refractivity contribution in [2.24, 2.45) is 7.05 Å². The van der Waals surface area contributed by atoms with Crippen LogP contribution in [0.25, 0.3) is 0 Å². The van der Waals surface area contributed by atoms with Gasteiger partial charge in [0.1, 0.15) is 11.6 Å². The van der Waals surface area contributed by atoms with E-state index in [0.29, 0.717) is 5.82 Å². The molecule has 20 heavy (non-hydrogen) atoms. The predicted octanol–water partition coefficient (Wildman–Crippen LogP) is 0.962. The smallest absolute Gasteiger partial charge is 0.243 e. The number of rotatable bonds is 4. The first-order valence-electron chi connectivity index (χ1n) is 5.80. The van der Waals surface area contributed by atoms with Crippen LogP contribution in [0.2, 0.25) is 0 Å². The van der Waals surface area contributed by atoms with Crippen molar-refractivity contribution in [1.82, 2.24) is 13.9 Å². The Balaban J connectivity index is 2.29. The van der Waals surface area contributed by atoms with Gasteiger partial charge in [-0.1, -0.05) is 0 Å². The zero-order chi connectivity index (χ0) is 14.9. The number of benzene rings is 1. The van der Waals surface area contributed by atoms with Gasteiger partial charge in [0, 0.05) is 26.5 Å². The molecule has 0 aliphatic heterocycles. The van der Waals surface area contributed by atoms with Crippen LogP contribution in [-0.2, 0) is 23.6 Å². The van der Waals surface area contributed by atoms with E-state index in [1.807, 2.05) is 0 Å². The molecule has 0 unspecified atom stereocenters. The van der Waals surface area contributed by atoms with Gasteiger partial charge in [-0.25, -0.2) is 17.8 Å². The van der Waals surface area contributed by atoms with Crippen LogP contribution < -0.4 is 5.73 Å². The maximum absolute atomic E-state index is 13.1. The summed E-state index contributed by atoms with van der Waals surface area (Å²) in [5, 5.41) is 0. The summed E-state index contributed by atoms with van der Waals surface area (Å²) < 4.78 is 40.7. The number of nitrogens with two attached hydrogens (primary N) is 1. The van der Waals surface area contributed by atoms with Gasteiger partial charge in [0.05, 0.1) is 17.1 Å². The molecule has 0 bridgehead atoms. The van der Waals surface area contributed by atoms with Crippen LogP contribution in [-0.4, -0.2) is 29.3 Å². The van der Waals surface area contributed by atoms with Crippen LogP contribution in [0, 0.1) is 5.82 Å². The van der Waals surface area contributed by atoms with E-state index in [4.69, 9.17) is 5.73 Å². The first kappa shape index (κ1) is 14.5. The number of sulfonamides is 1. The molecule has 1 heterocycles. The monoisotopic (exact) mass is 298 g/mol. The molecule has 0 saturated carbocycles. The van der Waals surface area contributed by atoms with Crippen molar-refractivity contribution in [1.29, 1.82) is 0 Å². The van der Waals surface area contributed by atoms with Crippen LogP contribution in [0.1, 0.15) is 5.82 Å². The molecular weight excluding hydrogens is 283 g/mol. The van der Waals surface area contributed by atoms with Crippen molar-refractivity contribution in [3.8, 4) is 0 Å². The van der Waals surface area contributed by atoms with Crippen molar-refractivity contribution in [3.63, 3.8) is 0 Å². The molecule has 6 nitrogen and oxygen atoms in total. The molecule has 0 atom stereocenters. The zero-order valence-electron chi connectivity index (χ0n) is 11.1. The molecule has 0 radical (unpaired) electrons. The van der Waals surface area contributed by atoms with E-state index in [0.717, 1.165) is 16.4 Å². The third-order valence-corrected chi connectivity index (χ3v) is 4.76. The highest BCUT2D eigenvalue weighted by molar-refractivity contribution is 7.89. The Morgan fingerprint density at radius 2 is 2.15 bits per heavy atom. The molecule has 2 N–H and O–H groups in total. The SMILES string of the molecule is CN(Cc1nccn1C)S(=O)(=O)c1ccc(F)c(N)c1. The Kier molecular flexibility index (Phi) is 3.78. The highest BCUT2D eigenvalue weighted by Gasteiger charge is 2.22. The second-order valence-electron chi connectivity index (χ2n) is 4.40. The molecule has 0 saturated heterocycles. The lowest BCUT2D eigenvalue weighted by Gasteiger charge is -2.17. The number of halogens is 1. The average Bonchev–Trinajstić information content (AvgIpc) is 2.78. The highest BCUT2D eigenvalue weighted by Crippen LogP contribution is 2.20. The molecule has 1 aromatic heterocycles. The van der Waals surface area contributed by atoms with Crippen molar-refractivity contribution in [2.75, 3.05) is 12.8 Å². The Hall–Kier alpha value is -1.93. The summed E-state index contributed by atoms with van der Waals surface area (Å²) in [6.45, 7) is 0.114. The number of aryl methyl sites for hydroxylation is 1. The van der Waals surface area contributed by atoms with Gasteiger partial charge in [0.15, 0.2) is 0 Å². The normalized spacial score (nSPS) is 12.0. The van der Waals surface area contributed by atoms with Crippen molar-refractivity contribution in [3.05, 3.63) is 42.2 Å². The number of anilines is 1. The van der Waals surface area contributed by atoms with E-state index in [9.17, 15) is 12.8 Å². The number of hydrogen-bond acceptors (Lipinski definition) is 4. The number of aromatic nitrogens is 2. The molecule has 2 aromatic rings.